The molecule has 2 aromatic rings. The minimum Gasteiger partial charge on any atom is -0.478 e. The third-order valence-electron chi connectivity index (χ3n) is 4.41. The highest BCUT2D eigenvalue weighted by Crippen LogP contribution is 2.15. The van der Waals surface area contributed by atoms with E-state index in [4.69, 9.17) is 9.84 Å². The van der Waals surface area contributed by atoms with Crippen molar-refractivity contribution < 1.29 is 14.6 Å². The van der Waals surface area contributed by atoms with E-state index in [0.29, 0.717) is 5.56 Å². The van der Waals surface area contributed by atoms with Crippen LogP contribution >= 0.6 is 0 Å². The number of morpholine rings is 1. The molecule has 0 unspecified atom stereocenters. The predicted octanol–water partition coefficient (Wildman–Crippen LogP) is 2.32. The monoisotopic (exact) mass is 341 g/mol. The van der Waals surface area contributed by atoms with E-state index in [0.717, 1.165) is 56.0 Å². The molecule has 25 heavy (non-hydrogen) atoms. The van der Waals surface area contributed by atoms with Crippen molar-refractivity contribution in [2.75, 3.05) is 19.7 Å². The molecule has 0 radical (unpaired) electrons. The van der Waals surface area contributed by atoms with Gasteiger partial charge in [0.2, 0.25) is 0 Å². The van der Waals surface area contributed by atoms with E-state index in [9.17, 15) is 4.79 Å². The number of aromatic nitrogens is 2. The Labute approximate surface area is 147 Å². The van der Waals surface area contributed by atoms with E-state index in [2.05, 4.69) is 14.9 Å². The Morgan fingerprint density at radius 3 is 2.84 bits per heavy atom. The van der Waals surface area contributed by atoms with Crippen LogP contribution in [0.2, 0.25) is 0 Å². The first kappa shape index (κ1) is 17.5. The number of aromatic carboxylic acids is 1. The van der Waals surface area contributed by atoms with Crippen molar-refractivity contribution in [3.05, 3.63) is 59.2 Å². The topological polar surface area (TPSA) is 75.6 Å². The second-order valence-electron chi connectivity index (χ2n) is 6.42. The summed E-state index contributed by atoms with van der Waals surface area (Å²) < 4.78 is 5.89. The maximum Gasteiger partial charge on any atom is 0.335 e. The summed E-state index contributed by atoms with van der Waals surface area (Å²) in [5, 5.41) is 8.97. The first-order valence-corrected chi connectivity index (χ1v) is 8.54. The van der Waals surface area contributed by atoms with Gasteiger partial charge >= 0.3 is 5.97 Å². The molecule has 6 nitrogen and oxygen atoms in total. The molecule has 132 valence electrons. The van der Waals surface area contributed by atoms with E-state index < -0.39 is 5.97 Å². The molecule has 3 rings (SSSR count). The molecule has 6 heteroatoms. The van der Waals surface area contributed by atoms with Crippen molar-refractivity contribution >= 4 is 5.97 Å². The molecule has 1 aliphatic heterocycles. The summed E-state index contributed by atoms with van der Waals surface area (Å²) in [7, 11) is 0. The van der Waals surface area contributed by atoms with E-state index in [-0.39, 0.29) is 6.10 Å². The van der Waals surface area contributed by atoms with E-state index in [1.54, 1.807) is 18.5 Å². The van der Waals surface area contributed by atoms with Crippen LogP contribution in [0.4, 0.5) is 0 Å². The Hall–Kier alpha value is -2.31. The Balaban J connectivity index is 1.51. The lowest BCUT2D eigenvalue weighted by atomic mass is 10.1. The number of carbonyl (C=O) groups is 1. The zero-order chi connectivity index (χ0) is 17.6. The zero-order valence-corrected chi connectivity index (χ0v) is 14.4. The molecule has 0 bridgehead atoms. The van der Waals surface area contributed by atoms with Gasteiger partial charge in [-0.25, -0.2) is 14.8 Å². The number of aryl methyl sites for hydroxylation is 2. The van der Waals surface area contributed by atoms with Crippen LogP contribution in [-0.2, 0) is 17.7 Å². The molecule has 1 fully saturated rings. The van der Waals surface area contributed by atoms with Crippen molar-refractivity contribution in [1.82, 2.24) is 14.9 Å². The van der Waals surface area contributed by atoms with Crippen LogP contribution in [0.3, 0.4) is 0 Å². The van der Waals surface area contributed by atoms with Gasteiger partial charge in [0, 0.05) is 31.0 Å². The van der Waals surface area contributed by atoms with Crippen LogP contribution in [0.5, 0.6) is 0 Å². The lowest BCUT2D eigenvalue weighted by molar-refractivity contribution is -0.0346. The first-order chi connectivity index (χ1) is 12.1. The van der Waals surface area contributed by atoms with Gasteiger partial charge in [0.25, 0.3) is 0 Å². The van der Waals surface area contributed by atoms with Crippen molar-refractivity contribution in [3.8, 4) is 0 Å². The van der Waals surface area contributed by atoms with Crippen LogP contribution in [0.15, 0.2) is 36.7 Å². The van der Waals surface area contributed by atoms with Crippen molar-refractivity contribution in [2.24, 2.45) is 0 Å². The quantitative estimate of drug-likeness (QED) is 0.869. The highest BCUT2D eigenvalue weighted by molar-refractivity contribution is 5.87. The standard InChI is InChI=1S/C19H23N3O3/c1-14-10-17(21-13-20-14)6-7-18-12-22(8-9-25-18)11-15-2-4-16(5-3-15)19(23)24/h2-5,10,13,18H,6-9,11-12H2,1H3,(H,23,24)/t18-/m0/s1. The van der Waals surface area contributed by atoms with Crippen LogP contribution in [0.1, 0.15) is 33.7 Å². The fourth-order valence-corrected chi connectivity index (χ4v) is 3.06. The van der Waals surface area contributed by atoms with Gasteiger partial charge in [0.15, 0.2) is 0 Å². The number of carboxylic acid groups (broad SMARTS) is 1. The summed E-state index contributed by atoms with van der Waals surface area (Å²) >= 11 is 0. The number of hydrogen-bond acceptors (Lipinski definition) is 5. The molecule has 0 aliphatic carbocycles. The van der Waals surface area contributed by atoms with Crippen molar-refractivity contribution in [1.29, 1.82) is 0 Å². The van der Waals surface area contributed by atoms with Crippen LogP contribution in [0.25, 0.3) is 0 Å². The molecule has 1 aliphatic rings. The Bertz CT molecular complexity index is 718. The minimum absolute atomic E-state index is 0.197. The number of hydrogen-bond donors (Lipinski definition) is 1. The maximum atomic E-state index is 10.9. The molecule has 0 saturated carbocycles. The largest absolute Gasteiger partial charge is 0.478 e. The van der Waals surface area contributed by atoms with Gasteiger partial charge in [0.1, 0.15) is 6.33 Å². The van der Waals surface area contributed by atoms with E-state index in [1.807, 2.05) is 25.1 Å². The number of ether oxygens (including phenoxy) is 1. The predicted molar refractivity (Wildman–Crippen MR) is 93.5 cm³/mol. The number of benzene rings is 1. The summed E-state index contributed by atoms with van der Waals surface area (Å²) in [4.78, 5) is 21.7. The van der Waals surface area contributed by atoms with Gasteiger partial charge in [-0.1, -0.05) is 12.1 Å². The second kappa shape index (κ2) is 8.18. The molecule has 0 spiro atoms. The average molecular weight is 341 g/mol. The van der Waals surface area contributed by atoms with Crippen LogP contribution in [0, 0.1) is 6.92 Å². The molecular weight excluding hydrogens is 318 g/mol. The minimum atomic E-state index is -0.891. The SMILES string of the molecule is Cc1cc(CC[C@H]2CN(Cc3ccc(C(=O)O)cc3)CCO2)ncn1. The molecule has 1 atom stereocenters. The van der Waals surface area contributed by atoms with Gasteiger partial charge in [-0.3, -0.25) is 4.90 Å². The summed E-state index contributed by atoms with van der Waals surface area (Å²) in [5.41, 5.74) is 3.49. The van der Waals surface area contributed by atoms with E-state index in [1.165, 1.54) is 0 Å². The lowest BCUT2D eigenvalue weighted by Crippen LogP contribution is -2.42. The normalized spacial score (nSPS) is 18.2. The Morgan fingerprint density at radius 2 is 2.12 bits per heavy atom. The summed E-state index contributed by atoms with van der Waals surface area (Å²) in [6, 6.07) is 9.11. The lowest BCUT2D eigenvalue weighted by Gasteiger charge is -2.33. The van der Waals surface area contributed by atoms with Gasteiger partial charge in [-0.2, -0.15) is 0 Å². The average Bonchev–Trinajstić information content (AvgIpc) is 2.61. The molecule has 1 saturated heterocycles. The third kappa shape index (κ3) is 5.08. The summed E-state index contributed by atoms with van der Waals surface area (Å²) in [6.45, 7) is 5.28. The summed E-state index contributed by atoms with van der Waals surface area (Å²) in [5.74, 6) is -0.891. The third-order valence-corrected chi connectivity index (χ3v) is 4.41. The molecule has 0 amide bonds. The highest BCUT2D eigenvalue weighted by Gasteiger charge is 2.20. The fourth-order valence-electron chi connectivity index (χ4n) is 3.06. The van der Waals surface area contributed by atoms with Gasteiger partial charge in [-0.05, 0) is 43.5 Å². The number of carboxylic acids is 1. The van der Waals surface area contributed by atoms with Crippen molar-refractivity contribution in [2.45, 2.75) is 32.4 Å². The fraction of sp³-hybridized carbons (Fsp3) is 0.421. The molecule has 1 aromatic carbocycles. The first-order valence-electron chi connectivity index (χ1n) is 8.54. The Morgan fingerprint density at radius 1 is 1.32 bits per heavy atom. The zero-order valence-electron chi connectivity index (χ0n) is 14.4. The second-order valence-corrected chi connectivity index (χ2v) is 6.42. The van der Waals surface area contributed by atoms with Gasteiger partial charge in [-0.15, -0.1) is 0 Å². The van der Waals surface area contributed by atoms with Crippen LogP contribution < -0.4 is 0 Å². The highest BCUT2D eigenvalue weighted by atomic mass is 16.5. The number of nitrogens with zero attached hydrogens (tertiary/aromatic N) is 3. The molecule has 1 aromatic heterocycles. The Kier molecular flexibility index (Phi) is 5.73. The maximum absolute atomic E-state index is 10.9. The van der Waals surface area contributed by atoms with Crippen molar-refractivity contribution in [3.63, 3.8) is 0 Å². The summed E-state index contributed by atoms with van der Waals surface area (Å²) in [6.07, 6.45) is 3.63. The van der Waals surface area contributed by atoms with Crippen LogP contribution in [-0.4, -0.2) is 51.7 Å². The molecular formula is C19H23N3O3. The van der Waals surface area contributed by atoms with Gasteiger partial charge in [0.05, 0.1) is 18.3 Å². The smallest absolute Gasteiger partial charge is 0.335 e. The molecule has 2 heterocycles. The van der Waals surface area contributed by atoms with E-state index >= 15 is 0 Å². The number of rotatable bonds is 6. The van der Waals surface area contributed by atoms with Gasteiger partial charge < -0.3 is 9.84 Å². The molecule has 1 N–H and O–H groups in total.